The second kappa shape index (κ2) is 6.70. The Morgan fingerprint density at radius 2 is 2.21 bits per heavy atom. The molecule has 0 radical (unpaired) electrons. The number of nitrogens with zero attached hydrogens (tertiary/aromatic N) is 3. The van der Waals surface area contributed by atoms with Gasteiger partial charge in [0.1, 0.15) is 0 Å². The molecule has 0 aliphatic heterocycles. The topological polar surface area (TPSA) is 58.4 Å². The average molecular weight is 265 g/mol. The van der Waals surface area contributed by atoms with Crippen LogP contribution in [0.25, 0.3) is 0 Å². The van der Waals surface area contributed by atoms with Crippen molar-refractivity contribution < 1.29 is 9.90 Å². The fraction of sp³-hybridized carbons (Fsp3) is 0.714. The van der Waals surface area contributed by atoms with Gasteiger partial charge in [-0.1, -0.05) is 26.2 Å². The molecule has 0 atom stereocenters. The minimum atomic E-state index is -0.784. The number of aromatic nitrogens is 2. The Bertz CT molecular complexity index is 411. The molecule has 5 nitrogen and oxygen atoms in total. The lowest BCUT2D eigenvalue weighted by atomic mass is 9.96. The largest absolute Gasteiger partial charge is 0.480 e. The first-order valence-corrected chi connectivity index (χ1v) is 7.17. The predicted molar refractivity (Wildman–Crippen MR) is 72.9 cm³/mol. The predicted octanol–water partition coefficient (Wildman–Crippen LogP) is 2.29. The summed E-state index contributed by atoms with van der Waals surface area (Å²) in [6, 6.07) is 2.55. The molecule has 1 aliphatic rings. The van der Waals surface area contributed by atoms with Crippen molar-refractivity contribution >= 4 is 5.97 Å². The molecule has 0 unspecified atom stereocenters. The van der Waals surface area contributed by atoms with Gasteiger partial charge in [0.25, 0.3) is 0 Å². The molecule has 0 bridgehead atoms. The quantitative estimate of drug-likeness (QED) is 0.857. The van der Waals surface area contributed by atoms with E-state index >= 15 is 0 Å². The third-order valence-electron chi connectivity index (χ3n) is 3.80. The molecule has 0 aromatic carbocycles. The number of carbonyl (C=O) groups is 1. The van der Waals surface area contributed by atoms with Crippen molar-refractivity contribution in [3.8, 4) is 0 Å². The van der Waals surface area contributed by atoms with Gasteiger partial charge in [0, 0.05) is 12.7 Å². The maximum Gasteiger partial charge on any atom is 0.317 e. The Morgan fingerprint density at radius 3 is 2.84 bits per heavy atom. The fourth-order valence-electron chi connectivity index (χ4n) is 2.71. The van der Waals surface area contributed by atoms with Crippen LogP contribution in [0.2, 0.25) is 0 Å². The van der Waals surface area contributed by atoms with E-state index < -0.39 is 5.97 Å². The second-order valence-electron chi connectivity index (χ2n) is 5.28. The summed E-state index contributed by atoms with van der Waals surface area (Å²) in [5.41, 5.74) is 0.966. The Labute approximate surface area is 114 Å². The monoisotopic (exact) mass is 265 g/mol. The van der Waals surface area contributed by atoms with Crippen molar-refractivity contribution in [2.24, 2.45) is 0 Å². The molecule has 1 heterocycles. The molecule has 2 rings (SSSR count). The molecule has 5 heteroatoms. The molecule has 0 spiro atoms. The normalized spacial score (nSPS) is 16.9. The Kier molecular flexibility index (Phi) is 4.96. The van der Waals surface area contributed by atoms with Crippen LogP contribution in [-0.2, 0) is 11.3 Å². The highest BCUT2D eigenvalue weighted by Crippen LogP contribution is 2.27. The number of aliphatic carboxylic acids is 1. The molecule has 0 saturated heterocycles. The van der Waals surface area contributed by atoms with Gasteiger partial charge in [0.05, 0.1) is 18.3 Å². The van der Waals surface area contributed by atoms with Crippen LogP contribution in [0.5, 0.6) is 0 Å². The van der Waals surface area contributed by atoms with Crippen LogP contribution in [-0.4, -0.2) is 38.8 Å². The third kappa shape index (κ3) is 4.06. The van der Waals surface area contributed by atoms with Gasteiger partial charge in [0.2, 0.25) is 0 Å². The summed E-state index contributed by atoms with van der Waals surface area (Å²) in [7, 11) is 0. The van der Waals surface area contributed by atoms with Gasteiger partial charge in [-0.3, -0.25) is 14.4 Å². The number of likely N-dealkylation sites (N-methyl/N-ethyl adjacent to an activating group) is 1. The molecule has 1 N–H and O–H groups in total. The van der Waals surface area contributed by atoms with Crippen molar-refractivity contribution in [3.05, 3.63) is 18.0 Å². The van der Waals surface area contributed by atoms with Gasteiger partial charge >= 0.3 is 5.97 Å². The van der Waals surface area contributed by atoms with Gasteiger partial charge in [0.15, 0.2) is 0 Å². The molecule has 1 aromatic rings. The van der Waals surface area contributed by atoms with E-state index in [1.807, 2.05) is 24.1 Å². The summed E-state index contributed by atoms with van der Waals surface area (Å²) in [5, 5.41) is 13.4. The minimum absolute atomic E-state index is 0.0762. The van der Waals surface area contributed by atoms with Crippen LogP contribution in [0.15, 0.2) is 12.3 Å². The summed E-state index contributed by atoms with van der Waals surface area (Å²) in [4.78, 5) is 12.6. The maximum absolute atomic E-state index is 10.7. The Balaban J connectivity index is 1.93. The van der Waals surface area contributed by atoms with E-state index in [9.17, 15) is 4.79 Å². The molecule has 106 valence electrons. The van der Waals surface area contributed by atoms with E-state index in [1.165, 1.54) is 32.1 Å². The van der Waals surface area contributed by atoms with Crippen LogP contribution in [0.1, 0.15) is 50.8 Å². The van der Waals surface area contributed by atoms with Crippen molar-refractivity contribution in [3.63, 3.8) is 0 Å². The van der Waals surface area contributed by atoms with Gasteiger partial charge in [-0.05, 0) is 25.5 Å². The van der Waals surface area contributed by atoms with Gasteiger partial charge in [-0.15, -0.1) is 0 Å². The molecule has 1 aliphatic carbocycles. The molecular weight excluding hydrogens is 242 g/mol. The van der Waals surface area contributed by atoms with E-state index in [4.69, 9.17) is 5.11 Å². The summed E-state index contributed by atoms with van der Waals surface area (Å²) < 4.78 is 2.07. The number of rotatable bonds is 6. The SMILES string of the molecule is CCN(CC(=O)O)Cc1ccn(C2CCCCC2)n1. The van der Waals surface area contributed by atoms with Crippen LogP contribution in [0.3, 0.4) is 0 Å². The van der Waals surface area contributed by atoms with Gasteiger partial charge in [-0.25, -0.2) is 0 Å². The lowest BCUT2D eigenvalue weighted by Gasteiger charge is -2.22. The molecule has 1 aromatic heterocycles. The average Bonchev–Trinajstić information content (AvgIpc) is 2.87. The van der Waals surface area contributed by atoms with Gasteiger partial charge in [-0.2, -0.15) is 5.10 Å². The third-order valence-corrected chi connectivity index (χ3v) is 3.80. The van der Waals surface area contributed by atoms with Crippen LogP contribution < -0.4 is 0 Å². The van der Waals surface area contributed by atoms with E-state index in [0.29, 0.717) is 12.6 Å². The van der Waals surface area contributed by atoms with E-state index in [2.05, 4.69) is 9.78 Å². The number of hydrogen-bond acceptors (Lipinski definition) is 3. The minimum Gasteiger partial charge on any atom is -0.480 e. The van der Waals surface area contributed by atoms with Crippen molar-refractivity contribution in [2.45, 2.75) is 51.6 Å². The standard InChI is InChI=1S/C14H23N3O2/c1-2-16(11-14(18)19)10-12-8-9-17(15-12)13-6-4-3-5-7-13/h8-9,13H,2-7,10-11H2,1H3,(H,18,19). The van der Waals surface area contributed by atoms with E-state index in [0.717, 1.165) is 12.2 Å². The van der Waals surface area contributed by atoms with Crippen LogP contribution in [0, 0.1) is 0 Å². The molecule has 0 amide bonds. The number of hydrogen-bond donors (Lipinski definition) is 1. The first kappa shape index (κ1) is 14.1. The smallest absolute Gasteiger partial charge is 0.317 e. The lowest BCUT2D eigenvalue weighted by Crippen LogP contribution is -2.29. The zero-order chi connectivity index (χ0) is 13.7. The highest BCUT2D eigenvalue weighted by atomic mass is 16.4. The molecule has 1 fully saturated rings. The highest BCUT2D eigenvalue weighted by Gasteiger charge is 2.17. The second-order valence-corrected chi connectivity index (χ2v) is 5.28. The summed E-state index contributed by atoms with van der Waals surface area (Å²) in [6.07, 6.45) is 8.40. The first-order valence-electron chi connectivity index (χ1n) is 7.17. The molecule has 19 heavy (non-hydrogen) atoms. The van der Waals surface area contributed by atoms with E-state index in [1.54, 1.807) is 0 Å². The number of carboxylic acids is 1. The Morgan fingerprint density at radius 1 is 1.47 bits per heavy atom. The molecule has 1 saturated carbocycles. The zero-order valence-corrected chi connectivity index (χ0v) is 11.6. The highest BCUT2D eigenvalue weighted by molar-refractivity contribution is 5.69. The lowest BCUT2D eigenvalue weighted by molar-refractivity contribution is -0.138. The number of carboxylic acid groups (broad SMARTS) is 1. The van der Waals surface area contributed by atoms with Crippen LogP contribution in [0.4, 0.5) is 0 Å². The first-order chi connectivity index (χ1) is 9.19. The van der Waals surface area contributed by atoms with Crippen molar-refractivity contribution in [1.29, 1.82) is 0 Å². The summed E-state index contributed by atoms with van der Waals surface area (Å²) >= 11 is 0. The summed E-state index contributed by atoms with van der Waals surface area (Å²) in [6.45, 7) is 3.39. The maximum atomic E-state index is 10.7. The fourth-order valence-corrected chi connectivity index (χ4v) is 2.71. The van der Waals surface area contributed by atoms with E-state index in [-0.39, 0.29) is 6.54 Å². The molecular formula is C14H23N3O2. The summed E-state index contributed by atoms with van der Waals surface area (Å²) in [5.74, 6) is -0.784. The van der Waals surface area contributed by atoms with Crippen molar-refractivity contribution in [1.82, 2.24) is 14.7 Å². The van der Waals surface area contributed by atoms with Gasteiger partial charge < -0.3 is 5.11 Å². The Hall–Kier alpha value is -1.36. The van der Waals surface area contributed by atoms with Crippen molar-refractivity contribution in [2.75, 3.05) is 13.1 Å². The van der Waals surface area contributed by atoms with Crippen LogP contribution >= 0.6 is 0 Å². The zero-order valence-electron chi connectivity index (χ0n) is 11.6.